The van der Waals surface area contributed by atoms with Gasteiger partial charge in [-0.15, -0.1) is 12.4 Å². The van der Waals surface area contributed by atoms with Crippen LogP contribution in [-0.2, 0) is 15.8 Å². The first-order valence-electron chi connectivity index (χ1n) is 8.06. The van der Waals surface area contributed by atoms with E-state index in [-0.39, 0.29) is 29.9 Å². The van der Waals surface area contributed by atoms with Gasteiger partial charge in [-0.1, -0.05) is 35.9 Å². The highest BCUT2D eigenvalue weighted by Gasteiger charge is 2.33. The summed E-state index contributed by atoms with van der Waals surface area (Å²) in [6, 6.07) is 12.5. The second-order valence-electron chi connectivity index (χ2n) is 6.07. The third kappa shape index (κ3) is 5.18. The van der Waals surface area contributed by atoms with Crippen molar-refractivity contribution in [1.82, 2.24) is 9.62 Å². The standard InChI is InChI=1S/C17H18ClN3O4S.ClH/c18-15-5-2-4-14(10-15)17-11-19-7-8-20(17)26(24,25)12-13-3-1-6-16(9-13)21(22)23;/h1-6,9-10,17,19H,7-8,11-12H2;1H. The zero-order chi connectivity index (χ0) is 18.7. The minimum absolute atomic E-state index is 0. The molecule has 1 unspecified atom stereocenters. The molecule has 0 radical (unpaired) electrons. The highest BCUT2D eigenvalue weighted by Crippen LogP contribution is 2.29. The van der Waals surface area contributed by atoms with Gasteiger partial charge in [0, 0.05) is 36.8 Å². The van der Waals surface area contributed by atoms with Crippen LogP contribution in [0.15, 0.2) is 48.5 Å². The van der Waals surface area contributed by atoms with Gasteiger partial charge >= 0.3 is 0 Å². The van der Waals surface area contributed by atoms with E-state index >= 15 is 0 Å². The topological polar surface area (TPSA) is 92.5 Å². The summed E-state index contributed by atoms with van der Waals surface area (Å²) in [5, 5.41) is 14.7. The number of sulfonamides is 1. The third-order valence-corrected chi connectivity index (χ3v) is 6.34. The molecule has 1 N–H and O–H groups in total. The predicted octanol–water partition coefficient (Wildman–Crippen LogP) is 3.15. The molecule has 0 saturated carbocycles. The van der Waals surface area contributed by atoms with Gasteiger partial charge in [0.1, 0.15) is 0 Å². The van der Waals surface area contributed by atoms with Crippen LogP contribution in [0.2, 0.25) is 5.02 Å². The SMILES string of the molecule is Cl.O=[N+]([O-])c1cccc(CS(=O)(=O)N2CCNCC2c2cccc(Cl)c2)c1. The Morgan fingerprint density at radius 3 is 2.67 bits per heavy atom. The minimum atomic E-state index is -3.66. The highest BCUT2D eigenvalue weighted by molar-refractivity contribution is 7.88. The van der Waals surface area contributed by atoms with Crippen molar-refractivity contribution in [2.24, 2.45) is 0 Å². The van der Waals surface area contributed by atoms with Gasteiger partial charge in [0.25, 0.3) is 5.69 Å². The van der Waals surface area contributed by atoms with Gasteiger partial charge in [0.15, 0.2) is 0 Å². The molecule has 3 rings (SSSR count). The van der Waals surface area contributed by atoms with Crippen molar-refractivity contribution in [1.29, 1.82) is 0 Å². The van der Waals surface area contributed by atoms with E-state index in [1.165, 1.54) is 22.5 Å². The van der Waals surface area contributed by atoms with Crippen molar-refractivity contribution < 1.29 is 13.3 Å². The second-order valence-corrected chi connectivity index (χ2v) is 8.43. The molecule has 27 heavy (non-hydrogen) atoms. The molecule has 1 atom stereocenters. The van der Waals surface area contributed by atoms with Crippen molar-refractivity contribution in [2.75, 3.05) is 19.6 Å². The van der Waals surface area contributed by atoms with E-state index in [0.29, 0.717) is 30.2 Å². The first-order chi connectivity index (χ1) is 12.4. The molecule has 2 aromatic carbocycles. The van der Waals surface area contributed by atoms with Crippen LogP contribution < -0.4 is 5.32 Å². The summed E-state index contributed by atoms with van der Waals surface area (Å²) in [4.78, 5) is 10.4. The molecule has 0 aromatic heterocycles. The Morgan fingerprint density at radius 2 is 1.96 bits per heavy atom. The Balaban J connectivity index is 0.00000261. The summed E-state index contributed by atoms with van der Waals surface area (Å²) < 4.78 is 27.5. The number of hydrogen-bond donors (Lipinski definition) is 1. The van der Waals surface area contributed by atoms with Crippen LogP contribution in [0, 0.1) is 10.1 Å². The summed E-state index contributed by atoms with van der Waals surface area (Å²) in [6.07, 6.45) is 0. The molecule has 0 aliphatic carbocycles. The monoisotopic (exact) mass is 431 g/mol. The quantitative estimate of drug-likeness (QED) is 0.579. The van der Waals surface area contributed by atoms with Crippen LogP contribution in [0.4, 0.5) is 5.69 Å². The van der Waals surface area contributed by atoms with Gasteiger partial charge in [-0.3, -0.25) is 10.1 Å². The van der Waals surface area contributed by atoms with Crippen LogP contribution >= 0.6 is 24.0 Å². The van der Waals surface area contributed by atoms with Crippen LogP contribution in [0.5, 0.6) is 0 Å². The van der Waals surface area contributed by atoms with Crippen LogP contribution in [0.3, 0.4) is 0 Å². The maximum absolute atomic E-state index is 13.0. The van der Waals surface area contributed by atoms with Gasteiger partial charge in [-0.2, -0.15) is 4.31 Å². The zero-order valence-electron chi connectivity index (χ0n) is 14.2. The third-order valence-electron chi connectivity index (χ3n) is 4.26. The van der Waals surface area contributed by atoms with Crippen molar-refractivity contribution in [3.05, 3.63) is 74.8 Å². The molecular weight excluding hydrogens is 413 g/mol. The summed E-state index contributed by atoms with van der Waals surface area (Å²) in [6.45, 7) is 1.36. The number of halogens is 2. The Morgan fingerprint density at radius 1 is 1.22 bits per heavy atom. The predicted molar refractivity (Wildman–Crippen MR) is 107 cm³/mol. The van der Waals surface area contributed by atoms with Gasteiger partial charge in [0.2, 0.25) is 10.0 Å². The number of nitro benzene ring substituents is 1. The Hall–Kier alpha value is -1.71. The molecule has 1 aliphatic rings. The molecular formula is C17H19Cl2N3O4S. The lowest BCUT2D eigenvalue weighted by Crippen LogP contribution is -2.48. The van der Waals surface area contributed by atoms with E-state index < -0.39 is 14.9 Å². The van der Waals surface area contributed by atoms with Crippen molar-refractivity contribution in [3.63, 3.8) is 0 Å². The summed E-state index contributed by atoms with van der Waals surface area (Å²) in [5.41, 5.74) is 1.08. The molecule has 1 heterocycles. The number of hydrogen-bond acceptors (Lipinski definition) is 5. The lowest BCUT2D eigenvalue weighted by Gasteiger charge is -2.35. The molecule has 146 valence electrons. The van der Waals surface area contributed by atoms with Crippen molar-refractivity contribution >= 4 is 39.7 Å². The molecule has 7 nitrogen and oxygen atoms in total. The Kier molecular flexibility index (Phi) is 7.19. The minimum Gasteiger partial charge on any atom is -0.313 e. The van der Waals surface area contributed by atoms with Crippen LogP contribution in [-0.4, -0.2) is 37.3 Å². The molecule has 1 saturated heterocycles. The summed E-state index contributed by atoms with van der Waals surface area (Å²) >= 11 is 6.05. The molecule has 0 bridgehead atoms. The number of nitro groups is 1. The summed E-state index contributed by atoms with van der Waals surface area (Å²) in [7, 11) is -3.66. The Bertz CT molecular complexity index is 924. The molecule has 0 spiro atoms. The lowest BCUT2D eigenvalue weighted by molar-refractivity contribution is -0.384. The van der Waals surface area contributed by atoms with Crippen LogP contribution in [0.1, 0.15) is 17.2 Å². The van der Waals surface area contributed by atoms with Gasteiger partial charge in [-0.25, -0.2) is 8.42 Å². The average molecular weight is 432 g/mol. The first-order valence-corrected chi connectivity index (χ1v) is 10.0. The molecule has 1 fully saturated rings. The van der Waals surface area contributed by atoms with Gasteiger partial charge < -0.3 is 5.32 Å². The first kappa shape index (κ1) is 21.6. The van der Waals surface area contributed by atoms with E-state index in [1.807, 2.05) is 6.07 Å². The number of benzene rings is 2. The highest BCUT2D eigenvalue weighted by atomic mass is 35.5. The summed E-state index contributed by atoms with van der Waals surface area (Å²) in [5.74, 6) is -0.286. The molecule has 0 amide bonds. The van der Waals surface area contributed by atoms with Crippen LogP contribution in [0.25, 0.3) is 0 Å². The van der Waals surface area contributed by atoms with E-state index in [9.17, 15) is 18.5 Å². The van der Waals surface area contributed by atoms with E-state index in [4.69, 9.17) is 11.6 Å². The van der Waals surface area contributed by atoms with E-state index in [0.717, 1.165) is 5.56 Å². The number of rotatable bonds is 5. The van der Waals surface area contributed by atoms with Crippen molar-refractivity contribution in [2.45, 2.75) is 11.8 Å². The number of nitrogens with one attached hydrogen (secondary N) is 1. The molecule has 10 heteroatoms. The lowest BCUT2D eigenvalue weighted by atomic mass is 10.1. The normalized spacial score (nSPS) is 17.9. The van der Waals surface area contributed by atoms with Crippen molar-refractivity contribution in [3.8, 4) is 0 Å². The van der Waals surface area contributed by atoms with Gasteiger partial charge in [-0.05, 0) is 23.3 Å². The fourth-order valence-corrected chi connectivity index (χ4v) is 4.99. The number of nitrogens with zero attached hydrogens (tertiary/aromatic N) is 2. The van der Waals surface area contributed by atoms with Gasteiger partial charge in [0.05, 0.1) is 16.7 Å². The fraction of sp³-hybridized carbons (Fsp3) is 0.294. The smallest absolute Gasteiger partial charge is 0.269 e. The zero-order valence-corrected chi connectivity index (χ0v) is 16.6. The molecule has 1 aliphatic heterocycles. The van der Waals surface area contributed by atoms with E-state index in [1.54, 1.807) is 24.3 Å². The number of non-ortho nitro benzene ring substituents is 1. The number of piperazine rings is 1. The maximum Gasteiger partial charge on any atom is 0.269 e. The second kappa shape index (κ2) is 8.99. The average Bonchev–Trinajstić information content (AvgIpc) is 2.61. The maximum atomic E-state index is 13.0. The largest absolute Gasteiger partial charge is 0.313 e. The Labute approximate surface area is 168 Å². The van der Waals surface area contributed by atoms with E-state index in [2.05, 4.69) is 5.32 Å². The fourth-order valence-electron chi connectivity index (χ4n) is 3.07. The molecule has 2 aromatic rings.